The van der Waals surface area contributed by atoms with Crippen LogP contribution in [0, 0.1) is 18.8 Å². The lowest BCUT2D eigenvalue weighted by molar-refractivity contribution is 0.0654. The highest BCUT2D eigenvalue weighted by Crippen LogP contribution is 2.24. The van der Waals surface area contributed by atoms with E-state index in [0.717, 1.165) is 18.8 Å². The van der Waals surface area contributed by atoms with Crippen molar-refractivity contribution in [2.75, 3.05) is 13.1 Å². The molecule has 0 spiro atoms. The monoisotopic (exact) mass is 251 g/mol. The summed E-state index contributed by atoms with van der Waals surface area (Å²) < 4.78 is 5.41. The SMILES string of the molecule is Cc1cc(CN2CC(C)CC(C)C2)oc1C(=O)O. The van der Waals surface area contributed by atoms with Crippen LogP contribution >= 0.6 is 0 Å². The summed E-state index contributed by atoms with van der Waals surface area (Å²) in [7, 11) is 0. The second kappa shape index (κ2) is 5.14. The molecule has 1 N–H and O–H groups in total. The molecule has 100 valence electrons. The van der Waals surface area contributed by atoms with E-state index in [4.69, 9.17) is 9.52 Å². The summed E-state index contributed by atoms with van der Waals surface area (Å²) >= 11 is 0. The maximum absolute atomic E-state index is 10.9. The Morgan fingerprint density at radius 1 is 1.44 bits per heavy atom. The van der Waals surface area contributed by atoms with Crippen molar-refractivity contribution in [1.29, 1.82) is 0 Å². The zero-order chi connectivity index (χ0) is 13.3. The average molecular weight is 251 g/mol. The first-order chi connectivity index (χ1) is 8.45. The third-order valence-electron chi connectivity index (χ3n) is 3.49. The van der Waals surface area contributed by atoms with Crippen LogP contribution in [-0.2, 0) is 6.54 Å². The van der Waals surface area contributed by atoms with Crippen LogP contribution in [0.5, 0.6) is 0 Å². The summed E-state index contributed by atoms with van der Waals surface area (Å²) in [6.07, 6.45) is 1.27. The molecule has 0 bridgehead atoms. The van der Waals surface area contributed by atoms with Gasteiger partial charge in [-0.25, -0.2) is 4.79 Å². The van der Waals surface area contributed by atoms with Crippen LogP contribution in [0.4, 0.5) is 0 Å². The smallest absolute Gasteiger partial charge is 0.372 e. The molecule has 0 aromatic carbocycles. The van der Waals surface area contributed by atoms with Gasteiger partial charge in [-0.2, -0.15) is 0 Å². The molecular formula is C14H21NO3. The molecule has 1 aliphatic heterocycles. The van der Waals surface area contributed by atoms with Gasteiger partial charge in [-0.15, -0.1) is 0 Å². The third kappa shape index (κ3) is 2.93. The van der Waals surface area contributed by atoms with Gasteiger partial charge in [-0.3, -0.25) is 4.90 Å². The summed E-state index contributed by atoms with van der Waals surface area (Å²) in [4.78, 5) is 13.3. The topological polar surface area (TPSA) is 53.7 Å². The van der Waals surface area contributed by atoms with Gasteiger partial charge in [0, 0.05) is 18.7 Å². The first-order valence-electron chi connectivity index (χ1n) is 6.50. The van der Waals surface area contributed by atoms with E-state index in [1.165, 1.54) is 6.42 Å². The number of furan rings is 1. The molecule has 2 atom stereocenters. The summed E-state index contributed by atoms with van der Waals surface area (Å²) in [6.45, 7) is 9.14. The van der Waals surface area contributed by atoms with E-state index in [-0.39, 0.29) is 5.76 Å². The van der Waals surface area contributed by atoms with Crippen LogP contribution in [0.25, 0.3) is 0 Å². The minimum atomic E-state index is -0.987. The van der Waals surface area contributed by atoms with Gasteiger partial charge in [-0.05, 0) is 31.2 Å². The quantitative estimate of drug-likeness (QED) is 0.897. The van der Waals surface area contributed by atoms with Crippen molar-refractivity contribution >= 4 is 5.97 Å². The minimum absolute atomic E-state index is 0.0723. The summed E-state index contributed by atoms with van der Waals surface area (Å²) in [5.41, 5.74) is 0.704. The predicted octanol–water partition coefficient (Wildman–Crippen LogP) is 2.76. The number of aromatic carboxylic acids is 1. The molecule has 0 amide bonds. The Labute approximate surface area is 108 Å². The number of nitrogens with zero attached hydrogens (tertiary/aromatic N) is 1. The lowest BCUT2D eigenvalue weighted by Gasteiger charge is -2.34. The fourth-order valence-corrected chi connectivity index (χ4v) is 2.98. The Balaban J connectivity index is 2.05. The number of carboxylic acid groups (broad SMARTS) is 1. The lowest BCUT2D eigenvalue weighted by Crippen LogP contribution is -2.37. The van der Waals surface area contributed by atoms with Crippen LogP contribution in [0.3, 0.4) is 0 Å². The molecule has 1 aromatic rings. The largest absolute Gasteiger partial charge is 0.475 e. The van der Waals surface area contributed by atoms with Gasteiger partial charge in [0.25, 0.3) is 0 Å². The number of rotatable bonds is 3. The normalized spacial score (nSPS) is 25.3. The average Bonchev–Trinajstić information content (AvgIpc) is 2.57. The van der Waals surface area contributed by atoms with Crippen molar-refractivity contribution in [2.45, 2.75) is 33.7 Å². The Morgan fingerprint density at radius 3 is 2.56 bits per heavy atom. The van der Waals surface area contributed by atoms with Crippen LogP contribution < -0.4 is 0 Å². The van der Waals surface area contributed by atoms with E-state index in [2.05, 4.69) is 18.7 Å². The Morgan fingerprint density at radius 2 is 2.06 bits per heavy atom. The molecule has 1 aliphatic rings. The fourth-order valence-electron chi connectivity index (χ4n) is 2.98. The van der Waals surface area contributed by atoms with Gasteiger partial charge in [0.1, 0.15) is 5.76 Å². The number of carbonyl (C=O) groups is 1. The zero-order valence-corrected chi connectivity index (χ0v) is 11.3. The third-order valence-corrected chi connectivity index (χ3v) is 3.49. The lowest BCUT2D eigenvalue weighted by atomic mass is 9.92. The van der Waals surface area contributed by atoms with E-state index in [9.17, 15) is 4.79 Å². The minimum Gasteiger partial charge on any atom is -0.475 e. The van der Waals surface area contributed by atoms with Crippen molar-refractivity contribution in [2.24, 2.45) is 11.8 Å². The van der Waals surface area contributed by atoms with Gasteiger partial charge in [0.15, 0.2) is 0 Å². The van der Waals surface area contributed by atoms with E-state index in [1.54, 1.807) is 6.92 Å². The number of piperidine rings is 1. The number of aryl methyl sites for hydroxylation is 1. The van der Waals surface area contributed by atoms with Crippen molar-refractivity contribution in [3.63, 3.8) is 0 Å². The molecule has 4 heteroatoms. The molecule has 1 fully saturated rings. The molecule has 2 heterocycles. The number of hydrogen-bond acceptors (Lipinski definition) is 3. The van der Waals surface area contributed by atoms with Crippen LogP contribution in [0.1, 0.15) is 42.1 Å². The van der Waals surface area contributed by atoms with Crippen LogP contribution in [-0.4, -0.2) is 29.1 Å². The molecule has 1 aromatic heterocycles. The maximum atomic E-state index is 10.9. The molecule has 2 rings (SSSR count). The summed E-state index contributed by atoms with van der Waals surface area (Å²) in [6, 6.07) is 1.84. The molecule has 0 radical (unpaired) electrons. The molecule has 18 heavy (non-hydrogen) atoms. The maximum Gasteiger partial charge on any atom is 0.372 e. The Kier molecular flexibility index (Phi) is 3.76. The number of likely N-dealkylation sites (tertiary alicyclic amines) is 1. The zero-order valence-electron chi connectivity index (χ0n) is 11.3. The highest BCUT2D eigenvalue weighted by molar-refractivity contribution is 5.86. The molecule has 0 saturated carbocycles. The van der Waals surface area contributed by atoms with E-state index >= 15 is 0 Å². The van der Waals surface area contributed by atoms with Gasteiger partial charge < -0.3 is 9.52 Å². The van der Waals surface area contributed by atoms with E-state index in [0.29, 0.717) is 23.9 Å². The number of hydrogen-bond donors (Lipinski definition) is 1. The predicted molar refractivity (Wildman–Crippen MR) is 68.6 cm³/mol. The fraction of sp³-hybridized carbons (Fsp3) is 0.643. The second-order valence-electron chi connectivity index (χ2n) is 5.67. The van der Waals surface area contributed by atoms with Gasteiger partial charge >= 0.3 is 5.97 Å². The van der Waals surface area contributed by atoms with Crippen LogP contribution in [0.2, 0.25) is 0 Å². The highest BCUT2D eigenvalue weighted by Gasteiger charge is 2.23. The first kappa shape index (κ1) is 13.1. The van der Waals surface area contributed by atoms with Crippen molar-refractivity contribution in [3.05, 3.63) is 23.2 Å². The van der Waals surface area contributed by atoms with Gasteiger partial charge in [0.05, 0.1) is 6.54 Å². The highest BCUT2D eigenvalue weighted by atomic mass is 16.4. The Hall–Kier alpha value is -1.29. The van der Waals surface area contributed by atoms with E-state index < -0.39 is 5.97 Å². The van der Waals surface area contributed by atoms with E-state index in [1.807, 2.05) is 6.07 Å². The van der Waals surface area contributed by atoms with Crippen molar-refractivity contribution in [1.82, 2.24) is 4.90 Å². The first-order valence-corrected chi connectivity index (χ1v) is 6.50. The molecule has 0 aliphatic carbocycles. The molecule has 1 saturated heterocycles. The van der Waals surface area contributed by atoms with Crippen molar-refractivity contribution in [3.8, 4) is 0 Å². The standard InChI is InChI=1S/C14H21NO3/c1-9-4-10(2)7-15(6-9)8-12-5-11(3)13(18-12)14(16)17/h5,9-10H,4,6-8H2,1-3H3,(H,16,17). The van der Waals surface area contributed by atoms with Crippen molar-refractivity contribution < 1.29 is 14.3 Å². The molecule has 2 unspecified atom stereocenters. The summed E-state index contributed by atoms with van der Waals surface area (Å²) in [5, 5.41) is 8.96. The van der Waals surface area contributed by atoms with Gasteiger partial charge in [-0.1, -0.05) is 13.8 Å². The van der Waals surface area contributed by atoms with Crippen LogP contribution in [0.15, 0.2) is 10.5 Å². The molecular weight excluding hydrogens is 230 g/mol. The van der Waals surface area contributed by atoms with Gasteiger partial charge in [0.2, 0.25) is 5.76 Å². The Bertz CT molecular complexity index is 428. The summed E-state index contributed by atoms with van der Waals surface area (Å²) in [5.74, 6) is 1.24. The number of carboxylic acids is 1. The second-order valence-corrected chi connectivity index (χ2v) is 5.67. The molecule has 4 nitrogen and oxygen atoms in total.